The van der Waals surface area contributed by atoms with Crippen LogP contribution in [-0.4, -0.2) is 76.2 Å². The molecule has 0 aromatic carbocycles. The number of aliphatic imine (C=N–C) groups is 2. The zero-order chi connectivity index (χ0) is 16.5. The van der Waals surface area contributed by atoms with E-state index in [2.05, 4.69) is 19.5 Å². The monoisotopic (exact) mass is 336 g/mol. The van der Waals surface area contributed by atoms with Gasteiger partial charge in [-0.05, 0) is 6.92 Å². The van der Waals surface area contributed by atoms with Crippen LogP contribution in [-0.2, 0) is 14.6 Å². The molecule has 1 fully saturated rings. The van der Waals surface area contributed by atoms with Crippen molar-refractivity contribution in [1.82, 2.24) is 10.2 Å². The minimum absolute atomic E-state index is 0.0601. The molecule has 3 rings (SSSR count). The summed E-state index contributed by atoms with van der Waals surface area (Å²) in [5.74, 6) is -2.91. The molecule has 22 heavy (non-hydrogen) atoms. The predicted octanol–water partition coefficient (Wildman–Crippen LogP) is -4.13. The summed E-state index contributed by atoms with van der Waals surface area (Å²) in [7, 11) is -4.92. The van der Waals surface area contributed by atoms with Crippen LogP contribution in [0.5, 0.6) is 0 Å². The number of nitrogens with two attached hydrogens (primary N) is 2. The fraction of sp³-hybridized carbons (Fsp3) is 0.778. The van der Waals surface area contributed by atoms with E-state index in [1.54, 1.807) is 6.92 Å². The molecule has 13 heteroatoms. The second-order valence-corrected chi connectivity index (χ2v) is 6.48. The lowest BCUT2D eigenvalue weighted by atomic mass is 9.86. The Morgan fingerprint density at radius 3 is 2.64 bits per heavy atom. The molecule has 3 aliphatic heterocycles. The van der Waals surface area contributed by atoms with Gasteiger partial charge in [0.15, 0.2) is 23.7 Å². The molecule has 0 saturated carbocycles. The lowest BCUT2D eigenvalue weighted by molar-refractivity contribution is -0.252. The van der Waals surface area contributed by atoms with Gasteiger partial charge in [-0.15, -0.1) is 0 Å². The van der Waals surface area contributed by atoms with Gasteiger partial charge in [0.25, 0.3) is 0 Å². The van der Waals surface area contributed by atoms with Gasteiger partial charge in [-0.25, -0.2) is 14.2 Å². The van der Waals surface area contributed by atoms with Crippen molar-refractivity contribution in [1.29, 1.82) is 0 Å². The quantitative estimate of drug-likeness (QED) is 0.213. The summed E-state index contributed by atoms with van der Waals surface area (Å²) in [6, 6.07) is -1.39. The highest BCUT2D eigenvalue weighted by molar-refractivity contribution is 7.80. The maximum atomic E-state index is 10.9. The smallest absolute Gasteiger partial charge is 0.370 e. The Kier molecular flexibility index (Phi) is 2.91. The molecule has 0 radical (unpaired) electrons. The van der Waals surface area contributed by atoms with Gasteiger partial charge in [-0.3, -0.25) is 4.55 Å². The number of nitrogens with zero attached hydrogens (tertiary/aromatic N) is 3. The van der Waals surface area contributed by atoms with Gasteiger partial charge in [0.05, 0.1) is 12.6 Å². The van der Waals surface area contributed by atoms with Gasteiger partial charge in [-0.2, -0.15) is 8.42 Å². The SMILES string of the molecule is C[C@@H]1N=C(N)N2C[C@H](OS(=O)(=O)O)C(O)(O)C23NC(N)=N[C@@H]13. The molecule has 1 saturated heterocycles. The van der Waals surface area contributed by atoms with Crippen LogP contribution in [0.4, 0.5) is 0 Å². The molecular formula is C9H16N6O6S. The molecule has 124 valence electrons. The summed E-state index contributed by atoms with van der Waals surface area (Å²) in [5.41, 5.74) is 9.71. The molecule has 1 spiro atoms. The fourth-order valence-corrected chi connectivity index (χ4v) is 3.78. The summed E-state index contributed by atoms with van der Waals surface area (Å²) in [6.07, 6.45) is -1.72. The third-order valence-corrected chi connectivity index (χ3v) is 4.59. The molecule has 0 bridgehead atoms. The van der Waals surface area contributed by atoms with Gasteiger partial charge < -0.3 is 31.9 Å². The minimum Gasteiger partial charge on any atom is -0.370 e. The largest absolute Gasteiger partial charge is 0.397 e. The standard InChI is InChI=1S/C9H16N6O6S/c1-3-5-8(14-6(10)13-5)9(16,17)4(21-22(18,19)20)2-15(8)7(11)12-3/h3-5,16-17H,2H2,1H3,(H2,11,12)(H3,10,13,14)(H,18,19,20)/t3-,4-,5-,8?/m0/s1. The summed E-state index contributed by atoms with van der Waals surface area (Å²) in [6.45, 7) is 1.29. The molecule has 0 aromatic rings. The van der Waals surface area contributed by atoms with Gasteiger partial charge in [-0.1, -0.05) is 0 Å². The average molecular weight is 336 g/mol. The molecule has 12 nitrogen and oxygen atoms in total. The number of hydrogen-bond acceptors (Lipinski definition) is 11. The van der Waals surface area contributed by atoms with Crippen molar-refractivity contribution in [2.45, 2.75) is 36.6 Å². The molecule has 0 aromatic heterocycles. The number of guanidine groups is 2. The van der Waals surface area contributed by atoms with E-state index >= 15 is 0 Å². The van der Waals surface area contributed by atoms with Crippen molar-refractivity contribution in [3.8, 4) is 0 Å². The van der Waals surface area contributed by atoms with E-state index in [-0.39, 0.29) is 18.5 Å². The first kappa shape index (κ1) is 15.2. The Morgan fingerprint density at radius 1 is 1.41 bits per heavy atom. The molecule has 3 aliphatic rings. The molecule has 4 atom stereocenters. The predicted molar refractivity (Wildman–Crippen MR) is 72.7 cm³/mol. The second kappa shape index (κ2) is 4.20. The lowest BCUT2D eigenvalue weighted by Crippen LogP contribution is -2.77. The molecule has 1 unspecified atom stereocenters. The van der Waals surface area contributed by atoms with Crippen LogP contribution in [0.2, 0.25) is 0 Å². The summed E-state index contributed by atoms with van der Waals surface area (Å²) < 4.78 is 35.1. The summed E-state index contributed by atoms with van der Waals surface area (Å²) >= 11 is 0. The van der Waals surface area contributed by atoms with Crippen LogP contribution >= 0.6 is 0 Å². The second-order valence-electron chi connectivity index (χ2n) is 5.43. The van der Waals surface area contributed by atoms with Crippen molar-refractivity contribution < 1.29 is 27.4 Å². The normalized spacial score (nSPS) is 39.6. The van der Waals surface area contributed by atoms with Crippen LogP contribution < -0.4 is 16.8 Å². The molecule has 0 aliphatic carbocycles. The van der Waals surface area contributed by atoms with Crippen LogP contribution in [0.3, 0.4) is 0 Å². The Bertz CT molecular complexity index is 676. The molecule has 8 N–H and O–H groups in total. The minimum atomic E-state index is -4.92. The highest BCUT2D eigenvalue weighted by Crippen LogP contribution is 2.45. The van der Waals surface area contributed by atoms with E-state index < -0.39 is 40.0 Å². The third-order valence-electron chi connectivity index (χ3n) is 4.12. The van der Waals surface area contributed by atoms with Crippen molar-refractivity contribution in [3.05, 3.63) is 0 Å². The van der Waals surface area contributed by atoms with Gasteiger partial charge in [0.1, 0.15) is 6.04 Å². The number of aliphatic hydroxyl groups is 2. The van der Waals surface area contributed by atoms with E-state index in [0.717, 1.165) is 0 Å². The maximum Gasteiger partial charge on any atom is 0.397 e. The van der Waals surface area contributed by atoms with E-state index in [1.807, 2.05) is 0 Å². The first-order chi connectivity index (χ1) is 9.99. The number of hydrogen-bond donors (Lipinski definition) is 6. The topological polar surface area (TPSA) is 196 Å². The first-order valence-electron chi connectivity index (χ1n) is 6.32. The Morgan fingerprint density at radius 2 is 2.05 bits per heavy atom. The van der Waals surface area contributed by atoms with Crippen LogP contribution in [0.15, 0.2) is 9.98 Å². The van der Waals surface area contributed by atoms with Crippen molar-refractivity contribution in [2.24, 2.45) is 21.5 Å². The summed E-state index contributed by atoms with van der Waals surface area (Å²) in [5, 5.41) is 23.7. The maximum absolute atomic E-state index is 10.9. The molecule has 3 heterocycles. The highest BCUT2D eigenvalue weighted by atomic mass is 32.3. The number of nitrogens with one attached hydrogen (secondary N) is 1. The zero-order valence-electron chi connectivity index (χ0n) is 11.4. The van der Waals surface area contributed by atoms with E-state index in [9.17, 15) is 18.6 Å². The summed E-state index contributed by atoms with van der Waals surface area (Å²) in [4.78, 5) is 9.42. The fourth-order valence-electron chi connectivity index (χ4n) is 3.29. The molecule has 0 amide bonds. The molecular weight excluding hydrogens is 320 g/mol. The van der Waals surface area contributed by atoms with Crippen molar-refractivity contribution in [2.75, 3.05) is 6.54 Å². The Hall–Kier alpha value is -1.67. The van der Waals surface area contributed by atoms with Crippen molar-refractivity contribution in [3.63, 3.8) is 0 Å². The van der Waals surface area contributed by atoms with Gasteiger partial charge in [0, 0.05) is 0 Å². The Balaban J connectivity index is 2.10. The van der Waals surface area contributed by atoms with Crippen molar-refractivity contribution >= 4 is 22.3 Å². The number of rotatable bonds is 2. The lowest BCUT2D eigenvalue weighted by Gasteiger charge is -2.48. The van der Waals surface area contributed by atoms with E-state index in [0.29, 0.717) is 0 Å². The van der Waals surface area contributed by atoms with E-state index in [4.69, 9.17) is 16.0 Å². The first-order valence-corrected chi connectivity index (χ1v) is 7.68. The highest BCUT2D eigenvalue weighted by Gasteiger charge is 2.73. The van der Waals surface area contributed by atoms with Crippen LogP contribution in [0.1, 0.15) is 6.92 Å². The zero-order valence-corrected chi connectivity index (χ0v) is 12.2. The Labute approximate surface area is 125 Å². The van der Waals surface area contributed by atoms with E-state index in [1.165, 1.54) is 4.90 Å². The van der Waals surface area contributed by atoms with Crippen LogP contribution in [0, 0.1) is 0 Å². The third kappa shape index (κ3) is 1.80. The van der Waals surface area contributed by atoms with Crippen LogP contribution in [0.25, 0.3) is 0 Å². The van der Waals surface area contributed by atoms with Gasteiger partial charge in [0.2, 0.25) is 5.79 Å². The average Bonchev–Trinajstić information content (AvgIpc) is 2.79. The van der Waals surface area contributed by atoms with Gasteiger partial charge >= 0.3 is 10.4 Å².